The van der Waals surface area contributed by atoms with Crippen molar-refractivity contribution in [1.82, 2.24) is 0 Å². The molecule has 1 aliphatic heterocycles. The Kier molecular flexibility index (Phi) is 7.35. The van der Waals surface area contributed by atoms with Gasteiger partial charge in [-0.15, -0.1) is 0 Å². The Balaban J connectivity index is 1.74. The minimum Gasteiger partial charge on any atom is -0.494 e. The Morgan fingerprint density at radius 2 is 1.71 bits per heavy atom. The van der Waals surface area contributed by atoms with E-state index in [1.165, 1.54) is 0 Å². The van der Waals surface area contributed by atoms with Crippen LogP contribution in [0.4, 0.5) is 0 Å². The van der Waals surface area contributed by atoms with Crippen LogP contribution in [0.1, 0.15) is 12.5 Å². The Hall–Kier alpha value is -3.15. The molecule has 1 saturated heterocycles. The van der Waals surface area contributed by atoms with Crippen LogP contribution < -0.4 is 19.8 Å². The number of benzene rings is 2. The topological polar surface area (TPSA) is 148 Å². The van der Waals surface area contributed by atoms with Crippen molar-refractivity contribution in [2.24, 2.45) is 0 Å². The highest BCUT2D eigenvalue weighted by molar-refractivity contribution is 5.86. The highest BCUT2D eigenvalue weighted by atomic mass is 16.7. The van der Waals surface area contributed by atoms with E-state index >= 15 is 0 Å². The number of ether oxygens (including phenoxy) is 4. The zero-order valence-corrected chi connectivity index (χ0v) is 18.4. The zero-order valence-electron chi connectivity index (χ0n) is 18.4. The van der Waals surface area contributed by atoms with Crippen LogP contribution in [0.3, 0.4) is 0 Å². The molecule has 0 radical (unpaired) electrons. The Morgan fingerprint density at radius 1 is 0.941 bits per heavy atom. The molecule has 1 aromatic heterocycles. The number of hydrogen-bond acceptors (Lipinski definition) is 10. The van der Waals surface area contributed by atoms with E-state index < -0.39 is 48.7 Å². The molecule has 10 heteroatoms. The minimum atomic E-state index is -1.71. The molecule has 4 N–H and O–H groups in total. The predicted molar refractivity (Wildman–Crippen MR) is 119 cm³/mol. The first-order valence-corrected chi connectivity index (χ1v) is 10.8. The summed E-state index contributed by atoms with van der Waals surface area (Å²) in [4.78, 5) is 12.9. The molecule has 1 aliphatic rings. The average molecular weight is 474 g/mol. The summed E-state index contributed by atoms with van der Waals surface area (Å²) in [5.41, 5.74) is 0.106. The van der Waals surface area contributed by atoms with E-state index in [1.807, 2.05) is 37.3 Å². The fourth-order valence-electron chi connectivity index (χ4n) is 3.65. The molecule has 0 bridgehead atoms. The van der Waals surface area contributed by atoms with E-state index in [9.17, 15) is 25.2 Å². The molecular formula is C24H26O10. The molecule has 0 amide bonds. The summed E-state index contributed by atoms with van der Waals surface area (Å²) in [5, 5.41) is 40.3. The maximum absolute atomic E-state index is 12.9. The molecule has 10 nitrogen and oxygen atoms in total. The normalized spacial score (nSPS) is 24.7. The molecule has 1 fully saturated rings. The third kappa shape index (κ3) is 4.86. The van der Waals surface area contributed by atoms with Gasteiger partial charge in [0, 0.05) is 6.07 Å². The maximum atomic E-state index is 12.9. The van der Waals surface area contributed by atoms with Gasteiger partial charge in [-0.3, -0.25) is 0 Å². The fourth-order valence-corrected chi connectivity index (χ4v) is 3.65. The number of rotatable bonds is 8. The average Bonchev–Trinajstić information content (AvgIpc) is 2.84. The smallest absolute Gasteiger partial charge is 0.383 e. The van der Waals surface area contributed by atoms with Crippen molar-refractivity contribution in [2.45, 2.75) is 44.2 Å². The van der Waals surface area contributed by atoms with E-state index in [0.717, 1.165) is 5.56 Å². The lowest BCUT2D eigenvalue weighted by Crippen LogP contribution is -2.60. The molecule has 2 aromatic carbocycles. The summed E-state index contributed by atoms with van der Waals surface area (Å²) in [6.45, 7) is 1.70. The molecule has 3 aromatic rings. The minimum absolute atomic E-state index is 0.0371. The van der Waals surface area contributed by atoms with Crippen LogP contribution in [0.5, 0.6) is 17.2 Å². The van der Waals surface area contributed by atoms with E-state index in [4.69, 9.17) is 23.4 Å². The molecule has 0 unspecified atom stereocenters. The lowest BCUT2D eigenvalue weighted by Gasteiger charge is -2.39. The van der Waals surface area contributed by atoms with Crippen molar-refractivity contribution in [3.8, 4) is 17.2 Å². The standard InChI is InChI=1S/C24H26O10/c1-2-30-14-8-9-15-16(10-14)32-23(29)22(21(15)31-12-13-6-4-3-5-7-13)34-24-20(28)19(27)18(26)17(11-25)33-24/h3-10,17-20,24-28H,2,11-12H2,1H3/t17-,18-,19+,20+,24-/m1/s1. The predicted octanol–water partition coefficient (Wildman–Crippen LogP) is 0.949. The van der Waals surface area contributed by atoms with Gasteiger partial charge in [-0.25, -0.2) is 4.79 Å². The molecule has 182 valence electrons. The van der Waals surface area contributed by atoms with Gasteiger partial charge in [-0.05, 0) is 24.6 Å². The second-order valence-electron chi connectivity index (χ2n) is 7.73. The molecule has 34 heavy (non-hydrogen) atoms. The largest absolute Gasteiger partial charge is 0.494 e. The van der Waals surface area contributed by atoms with Gasteiger partial charge in [0.2, 0.25) is 6.29 Å². The van der Waals surface area contributed by atoms with Crippen molar-refractivity contribution in [3.63, 3.8) is 0 Å². The van der Waals surface area contributed by atoms with Gasteiger partial charge >= 0.3 is 5.63 Å². The highest BCUT2D eigenvalue weighted by Crippen LogP contribution is 2.37. The van der Waals surface area contributed by atoms with E-state index in [-0.39, 0.29) is 17.9 Å². The monoisotopic (exact) mass is 474 g/mol. The SMILES string of the molecule is CCOc1ccc2c(OCc3ccccc3)c(O[C@H]3O[C@H](CO)[C@@H](O)[C@H](O)[C@@H]3O)c(=O)oc2c1. The van der Waals surface area contributed by atoms with Crippen molar-refractivity contribution in [2.75, 3.05) is 13.2 Å². The molecular weight excluding hydrogens is 448 g/mol. The van der Waals surface area contributed by atoms with Crippen molar-refractivity contribution in [3.05, 3.63) is 64.5 Å². The van der Waals surface area contributed by atoms with Gasteiger partial charge < -0.3 is 43.8 Å². The lowest BCUT2D eigenvalue weighted by molar-refractivity contribution is -0.278. The summed E-state index contributed by atoms with van der Waals surface area (Å²) in [7, 11) is 0. The summed E-state index contributed by atoms with van der Waals surface area (Å²) in [6, 6.07) is 14.1. The number of aliphatic hydroxyl groups excluding tert-OH is 4. The van der Waals surface area contributed by atoms with Crippen LogP contribution in [-0.2, 0) is 11.3 Å². The molecule has 0 spiro atoms. The summed E-state index contributed by atoms with van der Waals surface area (Å²) < 4.78 is 27.9. The first kappa shape index (κ1) is 24.0. The van der Waals surface area contributed by atoms with Crippen molar-refractivity contribution in [1.29, 1.82) is 0 Å². The van der Waals surface area contributed by atoms with Crippen LogP contribution in [0.15, 0.2) is 57.7 Å². The van der Waals surface area contributed by atoms with Crippen LogP contribution in [0, 0.1) is 0 Å². The molecule has 2 heterocycles. The molecule has 0 saturated carbocycles. The first-order chi connectivity index (χ1) is 16.4. The van der Waals surface area contributed by atoms with Gasteiger partial charge in [0.05, 0.1) is 18.6 Å². The van der Waals surface area contributed by atoms with E-state index in [0.29, 0.717) is 17.7 Å². The van der Waals surface area contributed by atoms with E-state index in [2.05, 4.69) is 0 Å². The Morgan fingerprint density at radius 3 is 2.41 bits per heavy atom. The number of hydrogen-bond donors (Lipinski definition) is 4. The third-order valence-corrected chi connectivity index (χ3v) is 5.41. The number of fused-ring (bicyclic) bond motifs is 1. The van der Waals surface area contributed by atoms with Crippen LogP contribution >= 0.6 is 0 Å². The lowest BCUT2D eigenvalue weighted by atomic mass is 9.99. The van der Waals surface area contributed by atoms with Gasteiger partial charge in [0.1, 0.15) is 42.4 Å². The molecule has 5 atom stereocenters. The van der Waals surface area contributed by atoms with Crippen molar-refractivity contribution >= 4 is 11.0 Å². The molecule has 4 rings (SSSR count). The molecule has 0 aliphatic carbocycles. The van der Waals surface area contributed by atoms with Crippen molar-refractivity contribution < 1.29 is 43.8 Å². The Labute approximate surface area is 194 Å². The van der Waals surface area contributed by atoms with Crippen LogP contribution in [0.2, 0.25) is 0 Å². The Bertz CT molecular complexity index is 1160. The summed E-state index contributed by atoms with van der Waals surface area (Å²) in [5.74, 6) is 0.141. The van der Waals surface area contributed by atoms with Gasteiger partial charge in [-0.2, -0.15) is 0 Å². The fraction of sp³-hybridized carbons (Fsp3) is 0.375. The second kappa shape index (κ2) is 10.4. The number of aliphatic hydroxyl groups is 4. The van der Waals surface area contributed by atoms with E-state index in [1.54, 1.807) is 18.2 Å². The van der Waals surface area contributed by atoms with Gasteiger partial charge in [0.25, 0.3) is 5.75 Å². The second-order valence-corrected chi connectivity index (χ2v) is 7.73. The first-order valence-electron chi connectivity index (χ1n) is 10.8. The maximum Gasteiger partial charge on any atom is 0.383 e. The van der Waals surface area contributed by atoms with Gasteiger partial charge in [0.15, 0.2) is 5.75 Å². The third-order valence-electron chi connectivity index (χ3n) is 5.41. The highest BCUT2D eigenvalue weighted by Gasteiger charge is 2.45. The van der Waals surface area contributed by atoms with Crippen LogP contribution in [-0.4, -0.2) is 64.3 Å². The quantitative estimate of drug-likeness (QED) is 0.348. The van der Waals surface area contributed by atoms with Crippen LogP contribution in [0.25, 0.3) is 11.0 Å². The zero-order chi connectivity index (χ0) is 24.2. The summed E-state index contributed by atoms with van der Waals surface area (Å²) >= 11 is 0. The summed E-state index contributed by atoms with van der Waals surface area (Å²) in [6.07, 6.45) is -7.75. The van der Waals surface area contributed by atoms with Gasteiger partial charge in [-0.1, -0.05) is 30.3 Å².